The number of fused-ring (bicyclic) bond motifs is 1. The maximum atomic E-state index is 12.2. The van der Waals surface area contributed by atoms with Crippen LogP contribution in [0.2, 0.25) is 0 Å². The van der Waals surface area contributed by atoms with Crippen molar-refractivity contribution in [3.8, 4) is 0 Å². The van der Waals surface area contributed by atoms with E-state index < -0.39 is 10.0 Å². The van der Waals surface area contributed by atoms with E-state index in [-0.39, 0.29) is 24.2 Å². The van der Waals surface area contributed by atoms with Crippen molar-refractivity contribution in [3.63, 3.8) is 0 Å². The molecule has 2 aromatic rings. The standard InChI is InChI=1S/C20H27N5O4S/c1-12(2)21-20(26)29-16-6-4-13(9-16)17-10-19(24-23-17)22-15-5-7-18-14(8-15)11-25(3)30(18,27)28/h5,7-8,10,12-13,16H,4,6,9,11H2,1-3H3,(H,21,26)(H2,22,23,24)/t13-,16+/m0/s1. The first-order valence-corrected chi connectivity index (χ1v) is 11.5. The number of sulfonamides is 1. The van der Waals surface area contributed by atoms with E-state index in [2.05, 4.69) is 20.8 Å². The number of carbonyl (C=O) groups excluding carboxylic acids is 1. The van der Waals surface area contributed by atoms with Crippen LogP contribution in [-0.2, 0) is 21.3 Å². The second-order valence-corrected chi connectivity index (χ2v) is 10.3. The van der Waals surface area contributed by atoms with Crippen molar-refractivity contribution in [3.05, 3.63) is 35.5 Å². The Labute approximate surface area is 176 Å². The quantitative estimate of drug-likeness (QED) is 0.667. The van der Waals surface area contributed by atoms with E-state index in [1.807, 2.05) is 26.0 Å². The van der Waals surface area contributed by atoms with Gasteiger partial charge in [-0.3, -0.25) is 5.10 Å². The molecular formula is C20H27N5O4S. The lowest BCUT2D eigenvalue weighted by atomic mass is 10.0. The molecule has 10 heteroatoms. The molecule has 1 aliphatic carbocycles. The minimum absolute atomic E-state index is 0.0515. The molecule has 2 atom stereocenters. The van der Waals surface area contributed by atoms with Crippen LogP contribution in [0.4, 0.5) is 16.3 Å². The van der Waals surface area contributed by atoms with E-state index in [0.717, 1.165) is 36.2 Å². The Bertz CT molecular complexity index is 1050. The summed E-state index contributed by atoms with van der Waals surface area (Å²) < 4.78 is 31.2. The highest BCUT2D eigenvalue weighted by molar-refractivity contribution is 7.89. The van der Waals surface area contributed by atoms with Gasteiger partial charge in [-0.05, 0) is 56.9 Å². The molecule has 30 heavy (non-hydrogen) atoms. The van der Waals surface area contributed by atoms with Crippen molar-refractivity contribution in [1.29, 1.82) is 0 Å². The second kappa shape index (κ2) is 7.92. The van der Waals surface area contributed by atoms with Gasteiger partial charge < -0.3 is 15.4 Å². The maximum Gasteiger partial charge on any atom is 0.407 e. The van der Waals surface area contributed by atoms with Gasteiger partial charge in [0.2, 0.25) is 10.0 Å². The highest BCUT2D eigenvalue weighted by Gasteiger charge is 2.32. The number of anilines is 2. The number of ether oxygens (including phenoxy) is 1. The number of hydrogen-bond donors (Lipinski definition) is 3. The zero-order valence-corrected chi connectivity index (χ0v) is 18.1. The Morgan fingerprint density at radius 1 is 1.30 bits per heavy atom. The number of hydrogen-bond acceptors (Lipinski definition) is 6. The van der Waals surface area contributed by atoms with E-state index >= 15 is 0 Å². The fourth-order valence-corrected chi connectivity index (χ4v) is 5.37. The molecule has 0 bridgehead atoms. The summed E-state index contributed by atoms with van der Waals surface area (Å²) in [5.74, 6) is 0.921. The van der Waals surface area contributed by atoms with Crippen LogP contribution >= 0.6 is 0 Å². The van der Waals surface area contributed by atoms with Crippen LogP contribution in [0, 0.1) is 0 Å². The lowest BCUT2D eigenvalue weighted by molar-refractivity contribution is 0.0981. The van der Waals surface area contributed by atoms with Crippen molar-refractivity contribution >= 4 is 27.6 Å². The van der Waals surface area contributed by atoms with Gasteiger partial charge in [0.1, 0.15) is 6.10 Å². The van der Waals surface area contributed by atoms with Gasteiger partial charge in [0.05, 0.1) is 4.90 Å². The zero-order chi connectivity index (χ0) is 21.5. The molecule has 1 aromatic carbocycles. The summed E-state index contributed by atoms with van der Waals surface area (Å²) >= 11 is 0. The van der Waals surface area contributed by atoms with Gasteiger partial charge in [0.25, 0.3) is 0 Å². The first kappa shape index (κ1) is 20.7. The van der Waals surface area contributed by atoms with Crippen molar-refractivity contribution in [2.75, 3.05) is 12.4 Å². The van der Waals surface area contributed by atoms with E-state index in [0.29, 0.717) is 17.3 Å². The van der Waals surface area contributed by atoms with E-state index in [4.69, 9.17) is 4.74 Å². The summed E-state index contributed by atoms with van der Waals surface area (Å²) in [5, 5.41) is 13.4. The SMILES string of the molecule is CC(C)NC(=O)O[C@@H]1CC[C@H](c2cc(Nc3ccc4c(c3)CN(C)S4(=O)=O)n[nH]2)C1. The van der Waals surface area contributed by atoms with Gasteiger partial charge in [0, 0.05) is 43.0 Å². The number of H-pyrrole nitrogens is 1. The average molecular weight is 434 g/mol. The number of aromatic nitrogens is 2. The van der Waals surface area contributed by atoms with Gasteiger partial charge in [-0.1, -0.05) is 0 Å². The molecular weight excluding hydrogens is 406 g/mol. The van der Waals surface area contributed by atoms with Gasteiger partial charge in [0.15, 0.2) is 5.82 Å². The largest absolute Gasteiger partial charge is 0.446 e. The molecule has 1 fully saturated rings. The minimum atomic E-state index is -3.36. The van der Waals surface area contributed by atoms with Gasteiger partial charge in [-0.15, -0.1) is 0 Å². The Morgan fingerprint density at radius 3 is 2.87 bits per heavy atom. The fraction of sp³-hybridized carbons (Fsp3) is 0.500. The summed E-state index contributed by atoms with van der Waals surface area (Å²) in [6, 6.07) is 7.23. The molecule has 2 aliphatic rings. The third kappa shape index (κ3) is 4.15. The molecule has 9 nitrogen and oxygen atoms in total. The molecule has 1 amide bonds. The van der Waals surface area contributed by atoms with Gasteiger partial charge in [-0.2, -0.15) is 9.40 Å². The topological polar surface area (TPSA) is 116 Å². The number of nitrogens with one attached hydrogen (secondary N) is 3. The van der Waals surface area contributed by atoms with Crippen molar-refractivity contribution in [2.45, 2.75) is 62.6 Å². The van der Waals surface area contributed by atoms with Crippen LogP contribution in [0.25, 0.3) is 0 Å². The molecule has 0 radical (unpaired) electrons. The summed E-state index contributed by atoms with van der Waals surface area (Å²) in [7, 11) is -1.78. The number of alkyl carbamates (subject to hydrolysis) is 1. The number of aromatic amines is 1. The first-order chi connectivity index (χ1) is 14.2. The Morgan fingerprint density at radius 2 is 2.10 bits per heavy atom. The number of benzene rings is 1. The molecule has 0 unspecified atom stereocenters. The van der Waals surface area contributed by atoms with Crippen LogP contribution in [0.15, 0.2) is 29.2 Å². The van der Waals surface area contributed by atoms with Crippen LogP contribution in [0.3, 0.4) is 0 Å². The summed E-state index contributed by atoms with van der Waals surface area (Å²) in [4.78, 5) is 12.2. The lowest BCUT2D eigenvalue weighted by Gasteiger charge is -2.14. The van der Waals surface area contributed by atoms with E-state index in [1.165, 1.54) is 4.31 Å². The maximum absolute atomic E-state index is 12.2. The predicted octanol–water partition coefficient (Wildman–Crippen LogP) is 3.06. The zero-order valence-electron chi connectivity index (χ0n) is 17.3. The van der Waals surface area contributed by atoms with Crippen LogP contribution in [-0.4, -0.2) is 48.2 Å². The molecule has 162 valence electrons. The number of nitrogens with zero attached hydrogens (tertiary/aromatic N) is 2. The van der Waals surface area contributed by atoms with Gasteiger partial charge in [-0.25, -0.2) is 13.2 Å². The lowest BCUT2D eigenvalue weighted by Crippen LogP contribution is -2.33. The monoisotopic (exact) mass is 433 g/mol. The summed E-state index contributed by atoms with van der Waals surface area (Å²) in [6.07, 6.45) is 2.04. The second-order valence-electron chi connectivity index (χ2n) is 8.25. The number of amides is 1. The van der Waals surface area contributed by atoms with Crippen LogP contribution in [0.5, 0.6) is 0 Å². The van der Waals surface area contributed by atoms with Crippen molar-refractivity contribution < 1.29 is 17.9 Å². The van der Waals surface area contributed by atoms with Crippen LogP contribution in [0.1, 0.15) is 50.3 Å². The first-order valence-electron chi connectivity index (χ1n) is 10.1. The number of rotatable bonds is 5. The molecule has 2 heterocycles. The van der Waals surface area contributed by atoms with Crippen molar-refractivity contribution in [2.24, 2.45) is 0 Å². The Balaban J connectivity index is 1.38. The molecule has 0 spiro atoms. The van der Waals surface area contributed by atoms with E-state index in [9.17, 15) is 13.2 Å². The van der Waals surface area contributed by atoms with Crippen molar-refractivity contribution in [1.82, 2.24) is 19.8 Å². The fourth-order valence-electron chi connectivity index (χ4n) is 4.03. The van der Waals surface area contributed by atoms with Gasteiger partial charge >= 0.3 is 6.09 Å². The summed E-state index contributed by atoms with van der Waals surface area (Å²) in [6.45, 7) is 4.17. The molecule has 1 aromatic heterocycles. The van der Waals surface area contributed by atoms with Crippen LogP contribution < -0.4 is 10.6 Å². The van der Waals surface area contributed by atoms with E-state index in [1.54, 1.807) is 19.2 Å². The minimum Gasteiger partial charge on any atom is -0.446 e. The average Bonchev–Trinajstić information content (AvgIpc) is 3.34. The normalized spacial score (nSPS) is 22.8. The Hall–Kier alpha value is -2.59. The molecule has 3 N–H and O–H groups in total. The third-order valence-electron chi connectivity index (χ3n) is 5.52. The molecule has 1 saturated carbocycles. The Kier molecular flexibility index (Phi) is 5.46. The third-order valence-corrected chi connectivity index (χ3v) is 7.42. The number of carbonyl (C=O) groups is 1. The highest BCUT2D eigenvalue weighted by atomic mass is 32.2. The highest BCUT2D eigenvalue weighted by Crippen LogP contribution is 2.36. The molecule has 1 aliphatic heterocycles. The molecule has 4 rings (SSSR count). The smallest absolute Gasteiger partial charge is 0.407 e. The summed E-state index contributed by atoms with van der Waals surface area (Å²) in [5.41, 5.74) is 2.56. The predicted molar refractivity (Wildman–Crippen MR) is 112 cm³/mol. The molecule has 0 saturated heterocycles.